The fraction of sp³-hybridized carbons (Fsp3) is 0.588. The van der Waals surface area contributed by atoms with Crippen molar-refractivity contribution in [2.75, 3.05) is 25.6 Å². The van der Waals surface area contributed by atoms with Crippen molar-refractivity contribution in [2.45, 2.75) is 38.0 Å². The van der Waals surface area contributed by atoms with E-state index < -0.39 is 11.6 Å². The summed E-state index contributed by atoms with van der Waals surface area (Å²) in [6.07, 6.45) is 1.16. The van der Waals surface area contributed by atoms with Gasteiger partial charge in [-0.05, 0) is 25.3 Å². The van der Waals surface area contributed by atoms with Gasteiger partial charge in [0.15, 0.2) is 0 Å². The van der Waals surface area contributed by atoms with E-state index in [1.54, 1.807) is 12.0 Å². The van der Waals surface area contributed by atoms with Gasteiger partial charge in [0.2, 0.25) is 5.91 Å². The van der Waals surface area contributed by atoms with Gasteiger partial charge in [-0.15, -0.1) is 0 Å². The quantitative estimate of drug-likeness (QED) is 0.602. The molecule has 0 radical (unpaired) electrons. The molecule has 0 bridgehead atoms. The summed E-state index contributed by atoms with van der Waals surface area (Å²) in [6, 6.07) is 9.00. The molecule has 0 aromatic heterocycles. The highest BCUT2D eigenvalue weighted by Gasteiger charge is 2.38. The Morgan fingerprint density at radius 2 is 2.09 bits per heavy atom. The highest BCUT2D eigenvalue weighted by molar-refractivity contribution is 9.09. The summed E-state index contributed by atoms with van der Waals surface area (Å²) in [5.74, 6) is -0.160. The first-order chi connectivity index (χ1) is 11.0. The van der Waals surface area contributed by atoms with E-state index in [-0.39, 0.29) is 12.5 Å². The summed E-state index contributed by atoms with van der Waals surface area (Å²) in [6.45, 7) is 2.83. The molecule has 1 amide bonds. The third-order valence-electron chi connectivity index (χ3n) is 4.10. The lowest BCUT2D eigenvalue weighted by Gasteiger charge is -2.36. The van der Waals surface area contributed by atoms with Crippen LogP contribution in [0.1, 0.15) is 25.3 Å². The first kappa shape index (κ1) is 20.1. The zero-order valence-corrected chi connectivity index (χ0v) is 15.5. The Balaban J connectivity index is 2.89. The summed E-state index contributed by atoms with van der Waals surface area (Å²) >= 11 is 3.38. The number of carbonyl (C=O) groups is 1. The summed E-state index contributed by atoms with van der Waals surface area (Å²) in [4.78, 5) is 14.6. The minimum Gasteiger partial charge on any atom is -0.396 e. The Kier molecular flexibility index (Phi) is 8.76. The Labute approximate surface area is 146 Å². The summed E-state index contributed by atoms with van der Waals surface area (Å²) < 4.78 is 5.51. The summed E-state index contributed by atoms with van der Waals surface area (Å²) in [7, 11) is 1.57. The topological polar surface area (TPSA) is 75.8 Å². The van der Waals surface area contributed by atoms with Crippen LogP contribution in [0.4, 0.5) is 0 Å². The first-order valence-electron chi connectivity index (χ1n) is 7.78. The van der Waals surface area contributed by atoms with E-state index in [9.17, 15) is 4.79 Å². The van der Waals surface area contributed by atoms with E-state index in [0.717, 1.165) is 5.56 Å². The maximum absolute atomic E-state index is 12.9. The van der Waals surface area contributed by atoms with Crippen LogP contribution in [0.25, 0.3) is 0 Å². The summed E-state index contributed by atoms with van der Waals surface area (Å²) in [5.41, 5.74) is 6.52. The van der Waals surface area contributed by atoms with Crippen LogP contribution in [0.2, 0.25) is 0 Å². The van der Waals surface area contributed by atoms with Gasteiger partial charge in [0.1, 0.15) is 6.04 Å². The molecule has 0 saturated carbocycles. The molecule has 0 aliphatic carbocycles. The lowest BCUT2D eigenvalue weighted by Crippen LogP contribution is -2.57. The SMILES string of the molecule is COC(C)(CCBr)C(N)C(=O)N(CCCO)Cc1ccccc1. The van der Waals surface area contributed by atoms with E-state index in [2.05, 4.69) is 15.9 Å². The molecule has 0 fully saturated rings. The zero-order chi connectivity index (χ0) is 17.3. The molecule has 1 rings (SSSR count). The van der Waals surface area contributed by atoms with Gasteiger partial charge in [0.05, 0.1) is 5.60 Å². The van der Waals surface area contributed by atoms with Crippen LogP contribution in [0.3, 0.4) is 0 Å². The van der Waals surface area contributed by atoms with Gasteiger partial charge in [0, 0.05) is 32.1 Å². The Hall–Kier alpha value is -0.950. The number of alkyl halides is 1. The van der Waals surface area contributed by atoms with Crippen LogP contribution in [0.5, 0.6) is 0 Å². The predicted molar refractivity (Wildman–Crippen MR) is 95.4 cm³/mol. The number of ether oxygens (including phenoxy) is 1. The second kappa shape index (κ2) is 10.0. The van der Waals surface area contributed by atoms with E-state index >= 15 is 0 Å². The predicted octanol–water partition coefficient (Wildman–Crippen LogP) is 1.91. The van der Waals surface area contributed by atoms with Crippen molar-refractivity contribution in [3.8, 4) is 0 Å². The standard InChI is InChI=1S/C17H27BrN2O3/c1-17(23-2,9-10-18)15(19)16(22)20(11-6-12-21)13-14-7-4-3-5-8-14/h3-5,7-8,15,21H,6,9-13,19H2,1-2H3. The van der Waals surface area contributed by atoms with Crippen molar-refractivity contribution in [3.63, 3.8) is 0 Å². The third-order valence-corrected chi connectivity index (χ3v) is 4.49. The molecule has 6 heteroatoms. The minimum atomic E-state index is -0.757. The molecule has 0 heterocycles. The van der Waals surface area contributed by atoms with Gasteiger partial charge < -0.3 is 20.5 Å². The molecule has 23 heavy (non-hydrogen) atoms. The van der Waals surface area contributed by atoms with Gasteiger partial charge in [-0.25, -0.2) is 0 Å². The maximum Gasteiger partial charge on any atom is 0.242 e. The molecule has 2 atom stereocenters. The number of nitrogens with zero attached hydrogens (tertiary/aromatic N) is 1. The van der Waals surface area contributed by atoms with Crippen LogP contribution >= 0.6 is 15.9 Å². The van der Waals surface area contributed by atoms with Crippen molar-refractivity contribution >= 4 is 21.8 Å². The lowest BCUT2D eigenvalue weighted by atomic mass is 9.92. The van der Waals surface area contributed by atoms with Crippen molar-refractivity contribution < 1.29 is 14.6 Å². The highest BCUT2D eigenvalue weighted by Crippen LogP contribution is 2.22. The molecule has 0 aliphatic heterocycles. The number of amides is 1. The molecule has 1 aromatic carbocycles. The number of aliphatic hydroxyl groups is 1. The average Bonchev–Trinajstić information content (AvgIpc) is 2.58. The van der Waals surface area contributed by atoms with Gasteiger partial charge >= 0.3 is 0 Å². The third kappa shape index (κ3) is 5.88. The van der Waals surface area contributed by atoms with Crippen LogP contribution in [0, 0.1) is 0 Å². The fourth-order valence-electron chi connectivity index (χ4n) is 2.36. The largest absolute Gasteiger partial charge is 0.396 e. The van der Waals surface area contributed by atoms with Gasteiger partial charge in [-0.2, -0.15) is 0 Å². The second-order valence-electron chi connectivity index (χ2n) is 5.76. The van der Waals surface area contributed by atoms with Gasteiger partial charge in [0.25, 0.3) is 0 Å². The van der Waals surface area contributed by atoms with E-state index in [1.165, 1.54) is 0 Å². The maximum atomic E-state index is 12.9. The van der Waals surface area contributed by atoms with Crippen molar-refractivity contribution in [1.29, 1.82) is 0 Å². The van der Waals surface area contributed by atoms with E-state index in [1.807, 2.05) is 37.3 Å². The van der Waals surface area contributed by atoms with Crippen molar-refractivity contribution in [2.24, 2.45) is 5.73 Å². The molecule has 0 saturated heterocycles. The Morgan fingerprint density at radius 1 is 1.43 bits per heavy atom. The first-order valence-corrected chi connectivity index (χ1v) is 8.91. The van der Waals surface area contributed by atoms with Crippen LogP contribution in [0.15, 0.2) is 30.3 Å². The smallest absolute Gasteiger partial charge is 0.242 e. The molecule has 3 N–H and O–H groups in total. The molecule has 5 nitrogen and oxygen atoms in total. The fourth-order valence-corrected chi connectivity index (χ4v) is 3.15. The molecule has 130 valence electrons. The highest BCUT2D eigenvalue weighted by atomic mass is 79.9. The number of benzene rings is 1. The normalized spacial score (nSPS) is 15.0. The van der Waals surface area contributed by atoms with Crippen LogP contribution in [-0.4, -0.2) is 53.1 Å². The second-order valence-corrected chi connectivity index (χ2v) is 6.55. The zero-order valence-electron chi connectivity index (χ0n) is 13.9. The number of hydrogen-bond acceptors (Lipinski definition) is 4. The van der Waals surface area contributed by atoms with Crippen molar-refractivity contribution in [1.82, 2.24) is 4.90 Å². The molecular formula is C17H27BrN2O3. The Morgan fingerprint density at radius 3 is 2.61 bits per heavy atom. The number of nitrogens with two attached hydrogens (primary N) is 1. The monoisotopic (exact) mass is 386 g/mol. The number of carbonyl (C=O) groups excluding carboxylic acids is 1. The van der Waals surface area contributed by atoms with E-state index in [0.29, 0.717) is 31.3 Å². The molecule has 2 unspecified atom stereocenters. The number of hydrogen-bond donors (Lipinski definition) is 2. The number of rotatable bonds is 10. The lowest BCUT2D eigenvalue weighted by molar-refractivity contribution is -0.141. The number of aliphatic hydroxyl groups excluding tert-OH is 1. The molecule has 0 aliphatic rings. The van der Waals surface area contributed by atoms with Gasteiger partial charge in [-0.3, -0.25) is 4.79 Å². The van der Waals surface area contributed by atoms with Crippen LogP contribution < -0.4 is 5.73 Å². The van der Waals surface area contributed by atoms with E-state index in [4.69, 9.17) is 15.6 Å². The van der Waals surface area contributed by atoms with Crippen LogP contribution in [-0.2, 0) is 16.1 Å². The van der Waals surface area contributed by atoms with Gasteiger partial charge in [-0.1, -0.05) is 46.3 Å². The van der Waals surface area contributed by atoms with Crippen molar-refractivity contribution in [3.05, 3.63) is 35.9 Å². The Bertz CT molecular complexity index is 472. The minimum absolute atomic E-state index is 0.0384. The average molecular weight is 387 g/mol. The summed E-state index contributed by atoms with van der Waals surface area (Å²) in [5, 5.41) is 9.79. The number of halogens is 1. The number of methoxy groups -OCH3 is 1. The molecule has 1 aromatic rings. The molecular weight excluding hydrogens is 360 g/mol. The molecule has 0 spiro atoms.